The third-order valence-corrected chi connectivity index (χ3v) is 6.43. The Morgan fingerprint density at radius 2 is 2.11 bits per heavy atom. The molecule has 0 spiro atoms. The summed E-state index contributed by atoms with van der Waals surface area (Å²) >= 11 is 5.22. The normalized spacial score (nSPS) is 33.8. The van der Waals surface area contributed by atoms with E-state index in [2.05, 4.69) is 39.3 Å². The summed E-state index contributed by atoms with van der Waals surface area (Å²) in [6.07, 6.45) is 5.68. The van der Waals surface area contributed by atoms with Gasteiger partial charge in [0.25, 0.3) is 0 Å². The Labute approximate surface area is 121 Å². The van der Waals surface area contributed by atoms with Gasteiger partial charge in [0.1, 0.15) is 0 Å². The van der Waals surface area contributed by atoms with Crippen LogP contribution in [0.3, 0.4) is 0 Å². The van der Waals surface area contributed by atoms with Gasteiger partial charge in [0.05, 0.1) is 6.10 Å². The van der Waals surface area contributed by atoms with E-state index in [1.54, 1.807) is 11.3 Å². The molecule has 2 aliphatic rings. The maximum Gasteiger partial charge on any atom is 0.0617 e. The Kier molecular flexibility index (Phi) is 3.81. The predicted octanol–water partition coefficient (Wildman–Crippen LogP) is 3.29. The molecule has 1 N–H and O–H groups in total. The van der Waals surface area contributed by atoms with Crippen LogP contribution in [0.2, 0.25) is 0 Å². The van der Waals surface area contributed by atoms with Crippen molar-refractivity contribution < 1.29 is 5.11 Å². The van der Waals surface area contributed by atoms with E-state index >= 15 is 0 Å². The molecule has 0 aromatic carbocycles. The average Bonchev–Trinajstić information content (AvgIpc) is 2.80. The number of nitrogens with zero attached hydrogens (tertiary/aromatic N) is 1. The molecule has 1 aromatic rings. The van der Waals surface area contributed by atoms with E-state index < -0.39 is 0 Å². The molecule has 3 atom stereocenters. The zero-order chi connectivity index (χ0) is 12.7. The van der Waals surface area contributed by atoms with Gasteiger partial charge in [-0.15, -0.1) is 11.3 Å². The number of aliphatic hydroxyl groups is 1. The van der Waals surface area contributed by atoms with Crippen molar-refractivity contribution in [3.05, 3.63) is 20.8 Å². The standard InChI is InChI=1S/C14H20BrNOS/c1-16-11-2-3-12(16)5-9(4-11)14(17)7-13-6-10(15)8-18-13/h6,8-9,11-12,14,17H,2-5,7H2,1H3. The number of halogens is 1. The average molecular weight is 330 g/mol. The zero-order valence-electron chi connectivity index (χ0n) is 10.7. The van der Waals surface area contributed by atoms with E-state index in [9.17, 15) is 5.11 Å². The molecule has 0 aliphatic carbocycles. The fourth-order valence-electron chi connectivity index (χ4n) is 3.60. The lowest BCUT2D eigenvalue weighted by Gasteiger charge is -2.38. The first kappa shape index (κ1) is 13.1. The van der Waals surface area contributed by atoms with E-state index in [0.29, 0.717) is 5.92 Å². The van der Waals surface area contributed by atoms with Crippen molar-refractivity contribution in [1.82, 2.24) is 4.90 Å². The second-order valence-corrected chi connectivity index (χ2v) is 7.70. The highest BCUT2D eigenvalue weighted by Gasteiger charge is 2.40. The van der Waals surface area contributed by atoms with Gasteiger partial charge >= 0.3 is 0 Å². The Balaban J connectivity index is 1.62. The van der Waals surface area contributed by atoms with Gasteiger partial charge in [-0.2, -0.15) is 0 Å². The van der Waals surface area contributed by atoms with E-state index in [0.717, 1.165) is 23.0 Å². The minimum atomic E-state index is -0.160. The molecule has 3 heterocycles. The van der Waals surface area contributed by atoms with Crippen LogP contribution < -0.4 is 0 Å². The van der Waals surface area contributed by atoms with Crippen LogP contribution in [0.4, 0.5) is 0 Å². The first-order valence-electron chi connectivity index (χ1n) is 6.76. The van der Waals surface area contributed by atoms with Crippen LogP contribution in [-0.4, -0.2) is 35.2 Å². The van der Waals surface area contributed by atoms with Crippen molar-refractivity contribution in [1.29, 1.82) is 0 Å². The molecular formula is C14H20BrNOS. The van der Waals surface area contributed by atoms with Crippen LogP contribution in [-0.2, 0) is 6.42 Å². The van der Waals surface area contributed by atoms with Gasteiger partial charge in [-0.05, 0) is 60.6 Å². The highest BCUT2D eigenvalue weighted by Crippen LogP contribution is 2.39. The zero-order valence-corrected chi connectivity index (χ0v) is 13.1. The van der Waals surface area contributed by atoms with Gasteiger partial charge in [0, 0.05) is 33.2 Å². The molecule has 2 saturated heterocycles. The molecule has 100 valence electrons. The molecule has 2 fully saturated rings. The summed E-state index contributed by atoms with van der Waals surface area (Å²) < 4.78 is 1.14. The highest BCUT2D eigenvalue weighted by atomic mass is 79.9. The first-order chi connectivity index (χ1) is 8.63. The second-order valence-electron chi connectivity index (χ2n) is 5.78. The SMILES string of the molecule is CN1C2CCC1CC(C(O)Cc1cc(Br)cs1)C2. The Hall–Kier alpha value is 0.1000. The summed E-state index contributed by atoms with van der Waals surface area (Å²) in [4.78, 5) is 3.82. The molecule has 2 bridgehead atoms. The molecule has 18 heavy (non-hydrogen) atoms. The monoisotopic (exact) mass is 329 g/mol. The number of piperidine rings is 1. The van der Waals surface area contributed by atoms with E-state index in [1.807, 2.05) is 0 Å². The number of fused-ring (bicyclic) bond motifs is 2. The van der Waals surface area contributed by atoms with Crippen molar-refractivity contribution in [2.75, 3.05) is 7.05 Å². The van der Waals surface area contributed by atoms with Crippen molar-refractivity contribution >= 4 is 27.3 Å². The summed E-state index contributed by atoms with van der Waals surface area (Å²) in [5.74, 6) is 0.500. The van der Waals surface area contributed by atoms with Crippen molar-refractivity contribution in [3.63, 3.8) is 0 Å². The quantitative estimate of drug-likeness (QED) is 0.919. The molecule has 2 nitrogen and oxygen atoms in total. The highest BCUT2D eigenvalue weighted by molar-refractivity contribution is 9.10. The number of aliphatic hydroxyl groups excluding tert-OH is 1. The lowest BCUT2D eigenvalue weighted by atomic mass is 9.85. The third kappa shape index (κ3) is 2.53. The van der Waals surface area contributed by atoms with E-state index in [4.69, 9.17) is 0 Å². The molecule has 4 heteroatoms. The minimum Gasteiger partial charge on any atom is -0.392 e. The molecule has 3 rings (SSSR count). The van der Waals surface area contributed by atoms with Gasteiger partial charge in [0.15, 0.2) is 0 Å². The summed E-state index contributed by atoms with van der Waals surface area (Å²) in [6.45, 7) is 0. The van der Waals surface area contributed by atoms with Crippen molar-refractivity contribution in [2.45, 2.75) is 50.3 Å². The van der Waals surface area contributed by atoms with Crippen LogP contribution in [0, 0.1) is 5.92 Å². The smallest absolute Gasteiger partial charge is 0.0617 e. The second kappa shape index (κ2) is 5.23. The predicted molar refractivity (Wildman–Crippen MR) is 79.0 cm³/mol. The van der Waals surface area contributed by atoms with Crippen molar-refractivity contribution in [2.24, 2.45) is 5.92 Å². The fraction of sp³-hybridized carbons (Fsp3) is 0.714. The largest absolute Gasteiger partial charge is 0.392 e. The summed E-state index contributed by atoms with van der Waals surface area (Å²) in [6, 6.07) is 3.58. The van der Waals surface area contributed by atoms with Crippen LogP contribution in [0.15, 0.2) is 15.9 Å². The molecule has 2 aliphatic heterocycles. The van der Waals surface area contributed by atoms with Crippen LogP contribution in [0.1, 0.15) is 30.6 Å². The summed E-state index contributed by atoms with van der Waals surface area (Å²) in [5.41, 5.74) is 0. The molecule has 0 amide bonds. The van der Waals surface area contributed by atoms with Crippen LogP contribution in [0.5, 0.6) is 0 Å². The summed E-state index contributed by atoms with van der Waals surface area (Å²) in [7, 11) is 2.25. The third-order valence-electron chi connectivity index (χ3n) is 4.71. The number of hydrogen-bond donors (Lipinski definition) is 1. The Bertz CT molecular complexity index is 408. The number of rotatable bonds is 3. The molecular weight excluding hydrogens is 310 g/mol. The van der Waals surface area contributed by atoms with Crippen LogP contribution >= 0.6 is 27.3 Å². The van der Waals surface area contributed by atoms with Gasteiger partial charge in [0.2, 0.25) is 0 Å². The maximum atomic E-state index is 10.5. The van der Waals surface area contributed by atoms with E-state index in [1.165, 1.54) is 30.6 Å². The Morgan fingerprint density at radius 1 is 1.44 bits per heavy atom. The summed E-state index contributed by atoms with van der Waals surface area (Å²) in [5, 5.41) is 12.6. The molecule has 3 unspecified atom stereocenters. The lowest BCUT2D eigenvalue weighted by Crippen LogP contribution is -2.43. The number of hydrogen-bond acceptors (Lipinski definition) is 3. The topological polar surface area (TPSA) is 23.5 Å². The molecule has 1 aromatic heterocycles. The van der Waals surface area contributed by atoms with Crippen molar-refractivity contribution in [3.8, 4) is 0 Å². The molecule has 0 radical (unpaired) electrons. The fourth-order valence-corrected chi connectivity index (χ4v) is 5.10. The van der Waals surface area contributed by atoms with E-state index in [-0.39, 0.29) is 6.10 Å². The van der Waals surface area contributed by atoms with Gasteiger partial charge < -0.3 is 10.0 Å². The van der Waals surface area contributed by atoms with Crippen LogP contribution in [0.25, 0.3) is 0 Å². The minimum absolute atomic E-state index is 0.160. The maximum absolute atomic E-state index is 10.5. The van der Waals surface area contributed by atoms with Gasteiger partial charge in [-0.25, -0.2) is 0 Å². The van der Waals surface area contributed by atoms with Gasteiger partial charge in [-0.3, -0.25) is 0 Å². The Morgan fingerprint density at radius 3 is 2.67 bits per heavy atom. The number of thiophene rings is 1. The van der Waals surface area contributed by atoms with Gasteiger partial charge in [-0.1, -0.05) is 0 Å². The lowest BCUT2D eigenvalue weighted by molar-refractivity contribution is 0.0372. The molecule has 0 saturated carbocycles. The first-order valence-corrected chi connectivity index (χ1v) is 8.43.